The molecule has 1 fully saturated rings. The summed E-state index contributed by atoms with van der Waals surface area (Å²) in [7, 11) is 0. The van der Waals surface area contributed by atoms with Gasteiger partial charge in [0.2, 0.25) is 16.9 Å². The van der Waals surface area contributed by atoms with Crippen LogP contribution in [-0.4, -0.2) is 56.7 Å². The number of nitrogens with zero attached hydrogens (tertiary/aromatic N) is 2. The van der Waals surface area contributed by atoms with Crippen molar-refractivity contribution in [3.63, 3.8) is 0 Å². The second-order valence-corrected chi connectivity index (χ2v) is 9.15. The maximum atomic E-state index is 13.0. The Morgan fingerprint density at radius 3 is 2.13 bits per heavy atom. The molecule has 164 valence electrons. The molecule has 0 spiro atoms. The molecular formula is C20H29N5O4S. The van der Waals surface area contributed by atoms with Crippen LogP contribution in [0.1, 0.15) is 51.0 Å². The lowest BCUT2D eigenvalue weighted by Gasteiger charge is -2.28. The Kier molecular flexibility index (Phi) is 8.76. The molecule has 3 atom stereocenters. The van der Waals surface area contributed by atoms with Crippen molar-refractivity contribution in [3.05, 3.63) is 24.3 Å². The predicted molar refractivity (Wildman–Crippen MR) is 114 cm³/mol. The summed E-state index contributed by atoms with van der Waals surface area (Å²) >= 11 is 1.17. The summed E-state index contributed by atoms with van der Waals surface area (Å²) in [4.78, 5) is 57.4. The summed E-state index contributed by atoms with van der Waals surface area (Å²) < 4.78 is 0. The summed E-state index contributed by atoms with van der Waals surface area (Å²) in [6.45, 7) is 7.76. The van der Waals surface area contributed by atoms with Gasteiger partial charge in [-0.05, 0) is 24.7 Å². The third-order valence-corrected chi connectivity index (χ3v) is 5.53. The average molecular weight is 436 g/mol. The zero-order chi connectivity index (χ0) is 22.3. The molecule has 1 aromatic heterocycles. The Labute approximate surface area is 180 Å². The molecule has 1 aliphatic heterocycles. The van der Waals surface area contributed by atoms with E-state index in [0.717, 1.165) is 0 Å². The number of carbonyl (C=O) groups excluding carboxylic acids is 4. The van der Waals surface area contributed by atoms with Gasteiger partial charge in [0.1, 0.15) is 23.8 Å². The second kappa shape index (κ2) is 11.1. The van der Waals surface area contributed by atoms with Crippen LogP contribution in [0.15, 0.2) is 18.6 Å². The number of hydrogen-bond donors (Lipinski definition) is 3. The van der Waals surface area contributed by atoms with Gasteiger partial charge < -0.3 is 16.0 Å². The molecule has 1 aromatic rings. The molecule has 1 aliphatic rings. The number of carbonyl (C=O) groups is 4. The topological polar surface area (TPSA) is 130 Å². The van der Waals surface area contributed by atoms with Gasteiger partial charge in [-0.25, -0.2) is 4.98 Å². The average Bonchev–Trinajstić information content (AvgIpc) is 2.69. The molecule has 0 saturated carbocycles. The van der Waals surface area contributed by atoms with E-state index >= 15 is 0 Å². The predicted octanol–water partition coefficient (Wildman–Crippen LogP) is 0.910. The third kappa shape index (κ3) is 7.08. The first kappa shape index (κ1) is 23.8. The highest BCUT2D eigenvalue weighted by molar-refractivity contribution is 8.16. The van der Waals surface area contributed by atoms with Gasteiger partial charge in [0.15, 0.2) is 0 Å². The summed E-state index contributed by atoms with van der Waals surface area (Å²) in [5, 5.41) is 8.07. The zero-order valence-corrected chi connectivity index (χ0v) is 18.5. The van der Waals surface area contributed by atoms with Gasteiger partial charge in [0.05, 0.1) is 6.20 Å². The minimum Gasteiger partial charge on any atom is -0.343 e. The maximum Gasteiger partial charge on any atom is 0.272 e. The van der Waals surface area contributed by atoms with Crippen molar-refractivity contribution < 1.29 is 19.2 Å². The van der Waals surface area contributed by atoms with Crippen LogP contribution in [0, 0.1) is 11.8 Å². The molecule has 3 N–H and O–H groups in total. The summed E-state index contributed by atoms with van der Waals surface area (Å²) in [6.07, 6.45) is 4.98. The molecule has 0 aromatic carbocycles. The fourth-order valence-electron chi connectivity index (χ4n) is 2.93. The Morgan fingerprint density at radius 1 is 1.03 bits per heavy atom. The van der Waals surface area contributed by atoms with Crippen LogP contribution in [0.5, 0.6) is 0 Å². The first-order valence-corrected chi connectivity index (χ1v) is 11.0. The van der Waals surface area contributed by atoms with E-state index in [2.05, 4.69) is 25.9 Å². The highest BCUT2D eigenvalue weighted by atomic mass is 32.2. The minimum absolute atomic E-state index is 0.0770. The lowest BCUT2D eigenvalue weighted by molar-refractivity contribution is -0.131. The highest BCUT2D eigenvalue weighted by Crippen LogP contribution is 2.20. The van der Waals surface area contributed by atoms with Crippen LogP contribution in [-0.2, 0) is 14.4 Å². The molecular weight excluding hydrogens is 406 g/mol. The first-order chi connectivity index (χ1) is 14.2. The molecule has 0 bridgehead atoms. The number of rotatable bonds is 10. The molecule has 2 rings (SSSR count). The Balaban J connectivity index is 2.07. The first-order valence-electron chi connectivity index (χ1n) is 10.0. The van der Waals surface area contributed by atoms with Crippen LogP contribution >= 0.6 is 11.8 Å². The number of hydrogen-bond acceptors (Lipinski definition) is 7. The SMILES string of the molecule is CC(C)C[C@H](NC(=O)c1cnccn1)C(=O)N[C@@H](CC(C)C)C(=O)N[C@H]1CSC1=O. The molecule has 2 heterocycles. The van der Waals surface area contributed by atoms with Crippen molar-refractivity contribution in [1.29, 1.82) is 0 Å². The molecule has 10 heteroatoms. The fourth-order valence-corrected chi connectivity index (χ4v) is 3.55. The van der Waals surface area contributed by atoms with Crippen molar-refractivity contribution in [2.75, 3.05) is 5.75 Å². The van der Waals surface area contributed by atoms with E-state index in [1.54, 1.807) is 0 Å². The van der Waals surface area contributed by atoms with E-state index in [1.165, 1.54) is 30.4 Å². The standard InChI is InChI=1S/C20H29N5O4S/c1-11(2)7-13(24-19(28)15-9-21-5-6-22-15)17(26)23-14(8-12(3)4)18(27)25-16-10-30-20(16)29/h5-6,9,11-14,16H,7-8,10H2,1-4H3,(H,23,26)(H,24,28)(H,25,27)/t13-,14-,16-/m0/s1. The van der Waals surface area contributed by atoms with Gasteiger partial charge in [-0.2, -0.15) is 0 Å². The maximum absolute atomic E-state index is 13.0. The van der Waals surface area contributed by atoms with E-state index < -0.39 is 29.9 Å². The molecule has 9 nitrogen and oxygen atoms in total. The number of amides is 3. The minimum atomic E-state index is -0.831. The molecule has 0 radical (unpaired) electrons. The Hall–Kier alpha value is -2.49. The van der Waals surface area contributed by atoms with Gasteiger partial charge in [0, 0.05) is 18.1 Å². The van der Waals surface area contributed by atoms with E-state index in [9.17, 15) is 19.2 Å². The van der Waals surface area contributed by atoms with Gasteiger partial charge in [-0.15, -0.1) is 0 Å². The van der Waals surface area contributed by atoms with Crippen molar-refractivity contribution >= 4 is 34.6 Å². The fraction of sp³-hybridized carbons (Fsp3) is 0.600. The van der Waals surface area contributed by atoms with Crippen LogP contribution in [0.25, 0.3) is 0 Å². The van der Waals surface area contributed by atoms with Gasteiger partial charge in [-0.1, -0.05) is 39.5 Å². The van der Waals surface area contributed by atoms with E-state index in [-0.39, 0.29) is 28.6 Å². The van der Waals surface area contributed by atoms with Gasteiger partial charge >= 0.3 is 0 Å². The largest absolute Gasteiger partial charge is 0.343 e. The van der Waals surface area contributed by atoms with Gasteiger partial charge in [-0.3, -0.25) is 24.2 Å². The van der Waals surface area contributed by atoms with Crippen molar-refractivity contribution in [1.82, 2.24) is 25.9 Å². The van der Waals surface area contributed by atoms with Crippen LogP contribution < -0.4 is 16.0 Å². The lowest BCUT2D eigenvalue weighted by Crippen LogP contribution is -2.57. The second-order valence-electron chi connectivity index (χ2n) is 8.13. The lowest BCUT2D eigenvalue weighted by atomic mass is 10.00. The van der Waals surface area contributed by atoms with Crippen molar-refractivity contribution in [2.45, 2.75) is 58.7 Å². The van der Waals surface area contributed by atoms with E-state index in [1.807, 2.05) is 27.7 Å². The van der Waals surface area contributed by atoms with Gasteiger partial charge in [0.25, 0.3) is 5.91 Å². The Bertz CT molecular complexity index is 772. The quantitative estimate of drug-likeness (QED) is 0.498. The van der Waals surface area contributed by atoms with Crippen LogP contribution in [0.3, 0.4) is 0 Å². The van der Waals surface area contributed by atoms with Crippen molar-refractivity contribution in [3.8, 4) is 0 Å². The number of thioether (sulfide) groups is 1. The number of aromatic nitrogens is 2. The van der Waals surface area contributed by atoms with E-state index in [0.29, 0.717) is 18.6 Å². The summed E-state index contributed by atoms with van der Waals surface area (Å²) in [6, 6.07) is -2.13. The molecule has 3 amide bonds. The summed E-state index contributed by atoms with van der Waals surface area (Å²) in [5.41, 5.74) is 0.108. The van der Waals surface area contributed by atoms with Crippen molar-refractivity contribution in [2.24, 2.45) is 11.8 Å². The molecule has 30 heavy (non-hydrogen) atoms. The zero-order valence-electron chi connectivity index (χ0n) is 17.7. The molecule has 0 aliphatic carbocycles. The highest BCUT2D eigenvalue weighted by Gasteiger charge is 2.34. The Morgan fingerprint density at radius 2 is 1.67 bits per heavy atom. The molecule has 1 saturated heterocycles. The van der Waals surface area contributed by atoms with E-state index in [4.69, 9.17) is 0 Å². The van der Waals surface area contributed by atoms with Crippen LogP contribution in [0.4, 0.5) is 0 Å². The monoisotopic (exact) mass is 435 g/mol. The van der Waals surface area contributed by atoms with Crippen LogP contribution in [0.2, 0.25) is 0 Å². The summed E-state index contributed by atoms with van der Waals surface area (Å²) in [5.74, 6) is -0.534. The normalized spacial score (nSPS) is 17.8. The smallest absolute Gasteiger partial charge is 0.272 e. The third-order valence-electron chi connectivity index (χ3n) is 4.46. The number of nitrogens with one attached hydrogen (secondary N) is 3. The molecule has 0 unspecified atom stereocenters.